The quantitative estimate of drug-likeness (QED) is 0.222. The van der Waals surface area contributed by atoms with Crippen molar-refractivity contribution in [3.63, 3.8) is 0 Å². The Bertz CT molecular complexity index is 476. The second-order valence-electron chi connectivity index (χ2n) is 7.94. The highest BCUT2D eigenvalue weighted by Crippen LogP contribution is 2.24. The van der Waals surface area contributed by atoms with Crippen LogP contribution >= 0.6 is 15.9 Å². The molecule has 0 aromatic heterocycles. The maximum Gasteiger partial charge on any atom is 0.246 e. The minimum Gasteiger partial charge on any atom is -0.339 e. The van der Waals surface area contributed by atoms with E-state index in [-0.39, 0.29) is 11.3 Å². The molecule has 0 N–H and O–H groups in total. The summed E-state index contributed by atoms with van der Waals surface area (Å²) >= 11 is 3.47. The molecule has 0 fully saturated rings. The number of unbranched alkanes of at least 4 members (excludes halogenated alkanes) is 2. The Morgan fingerprint density at radius 2 is 1.62 bits per heavy atom. The van der Waals surface area contributed by atoms with E-state index in [1.54, 1.807) is 6.08 Å². The molecule has 0 saturated heterocycles. The van der Waals surface area contributed by atoms with E-state index in [4.69, 9.17) is 0 Å². The maximum absolute atomic E-state index is 12.6. The number of rotatable bonds is 13. The van der Waals surface area contributed by atoms with Crippen LogP contribution in [0.2, 0.25) is 0 Å². The standard InChI is InChI=1S/C23H40BrNO/c1-7-9-18-25(19-10-8-2)22(26)15-17-23(5,6)16-14-20(3)12-11-13-21(4)24/h13-15,17H,7-12,16,18-19H2,1-6H3/b17-15+,20-14+,21-13+. The zero-order chi connectivity index (χ0) is 20.0. The SMILES string of the molecule is CCCCN(CCCC)C(=O)/C=C/C(C)(C)C/C=C(\C)CC/C=C(\C)Br. The van der Waals surface area contributed by atoms with E-state index < -0.39 is 0 Å². The van der Waals surface area contributed by atoms with Crippen molar-refractivity contribution >= 4 is 21.8 Å². The van der Waals surface area contributed by atoms with Crippen LogP contribution in [0.5, 0.6) is 0 Å². The zero-order valence-electron chi connectivity index (χ0n) is 17.9. The van der Waals surface area contributed by atoms with Gasteiger partial charge in [0.2, 0.25) is 5.91 Å². The summed E-state index contributed by atoms with van der Waals surface area (Å²) in [7, 11) is 0. The van der Waals surface area contributed by atoms with Crippen molar-refractivity contribution in [2.24, 2.45) is 5.41 Å². The van der Waals surface area contributed by atoms with Crippen LogP contribution in [0.15, 0.2) is 34.4 Å². The lowest BCUT2D eigenvalue weighted by Gasteiger charge is -2.22. The molecule has 26 heavy (non-hydrogen) atoms. The molecule has 0 aliphatic rings. The number of hydrogen-bond donors (Lipinski definition) is 0. The summed E-state index contributed by atoms with van der Waals surface area (Å²) < 4.78 is 1.20. The first-order chi connectivity index (χ1) is 12.2. The molecule has 3 heteroatoms. The van der Waals surface area contributed by atoms with Gasteiger partial charge < -0.3 is 4.90 Å². The Morgan fingerprint density at radius 3 is 2.12 bits per heavy atom. The van der Waals surface area contributed by atoms with Crippen LogP contribution in [-0.4, -0.2) is 23.9 Å². The van der Waals surface area contributed by atoms with Crippen molar-refractivity contribution in [2.75, 3.05) is 13.1 Å². The van der Waals surface area contributed by atoms with Crippen molar-refractivity contribution in [2.45, 2.75) is 86.5 Å². The number of hydrogen-bond acceptors (Lipinski definition) is 1. The van der Waals surface area contributed by atoms with Gasteiger partial charge in [0, 0.05) is 13.1 Å². The Morgan fingerprint density at radius 1 is 1.04 bits per heavy atom. The summed E-state index contributed by atoms with van der Waals surface area (Å²) in [5.74, 6) is 0.165. The third-order valence-corrected chi connectivity index (χ3v) is 4.82. The summed E-state index contributed by atoms with van der Waals surface area (Å²) in [6.07, 6.45) is 15.9. The molecule has 0 radical (unpaired) electrons. The lowest BCUT2D eigenvalue weighted by atomic mass is 9.87. The smallest absolute Gasteiger partial charge is 0.246 e. The average Bonchev–Trinajstić information content (AvgIpc) is 2.58. The molecule has 0 aliphatic carbocycles. The van der Waals surface area contributed by atoms with Crippen LogP contribution in [0, 0.1) is 5.41 Å². The fraction of sp³-hybridized carbons (Fsp3) is 0.696. The monoisotopic (exact) mass is 425 g/mol. The van der Waals surface area contributed by atoms with E-state index >= 15 is 0 Å². The Kier molecular flexibility index (Phi) is 13.8. The van der Waals surface area contributed by atoms with Crippen molar-refractivity contribution in [1.82, 2.24) is 4.90 Å². The highest BCUT2D eigenvalue weighted by atomic mass is 79.9. The molecule has 0 aliphatic heterocycles. The summed E-state index contributed by atoms with van der Waals surface area (Å²) in [4.78, 5) is 14.6. The van der Waals surface area contributed by atoms with Crippen LogP contribution < -0.4 is 0 Å². The minimum atomic E-state index is -0.000713. The topological polar surface area (TPSA) is 20.3 Å². The highest BCUT2D eigenvalue weighted by molar-refractivity contribution is 9.11. The number of halogens is 1. The normalized spacial score (nSPS) is 13.5. The van der Waals surface area contributed by atoms with Gasteiger partial charge in [-0.15, -0.1) is 0 Å². The van der Waals surface area contributed by atoms with Crippen molar-refractivity contribution < 1.29 is 4.79 Å². The highest BCUT2D eigenvalue weighted by Gasteiger charge is 2.15. The van der Waals surface area contributed by atoms with Gasteiger partial charge in [0.15, 0.2) is 0 Å². The fourth-order valence-corrected chi connectivity index (χ4v) is 2.77. The molecular formula is C23H40BrNO. The van der Waals surface area contributed by atoms with E-state index in [0.717, 1.165) is 58.0 Å². The molecule has 0 aromatic carbocycles. The Hall–Kier alpha value is -0.830. The first-order valence-electron chi connectivity index (χ1n) is 10.2. The van der Waals surface area contributed by atoms with Gasteiger partial charge in [-0.2, -0.15) is 0 Å². The first kappa shape index (κ1) is 25.2. The molecule has 0 atom stereocenters. The molecule has 0 bridgehead atoms. The zero-order valence-corrected chi connectivity index (χ0v) is 19.5. The van der Waals surface area contributed by atoms with Gasteiger partial charge in [0.05, 0.1) is 0 Å². The largest absolute Gasteiger partial charge is 0.339 e. The predicted octanol–water partition coefficient (Wildman–Crippen LogP) is 7.41. The van der Waals surface area contributed by atoms with E-state index in [9.17, 15) is 4.79 Å². The molecule has 0 spiro atoms. The van der Waals surface area contributed by atoms with E-state index in [1.807, 2.05) is 4.90 Å². The first-order valence-corrected chi connectivity index (χ1v) is 11.0. The van der Waals surface area contributed by atoms with Crippen LogP contribution in [0.4, 0.5) is 0 Å². The Balaban J connectivity index is 4.66. The molecule has 2 nitrogen and oxygen atoms in total. The Labute approximate surface area is 170 Å². The van der Waals surface area contributed by atoms with Gasteiger partial charge in [-0.25, -0.2) is 0 Å². The van der Waals surface area contributed by atoms with Gasteiger partial charge >= 0.3 is 0 Å². The van der Waals surface area contributed by atoms with Crippen LogP contribution in [0.1, 0.15) is 86.5 Å². The van der Waals surface area contributed by atoms with Gasteiger partial charge in [0.1, 0.15) is 0 Å². The summed E-state index contributed by atoms with van der Waals surface area (Å²) in [6.45, 7) is 14.8. The molecule has 0 saturated carbocycles. The summed E-state index contributed by atoms with van der Waals surface area (Å²) in [6, 6.07) is 0. The third kappa shape index (κ3) is 13.4. The van der Waals surface area contributed by atoms with E-state index in [0.29, 0.717) is 0 Å². The average molecular weight is 426 g/mol. The maximum atomic E-state index is 12.6. The predicted molar refractivity (Wildman–Crippen MR) is 120 cm³/mol. The number of amides is 1. The van der Waals surface area contributed by atoms with Crippen molar-refractivity contribution in [3.05, 3.63) is 34.4 Å². The van der Waals surface area contributed by atoms with E-state index in [1.165, 1.54) is 10.1 Å². The summed E-state index contributed by atoms with van der Waals surface area (Å²) in [5.41, 5.74) is 1.41. The molecule has 0 rings (SSSR count). The summed E-state index contributed by atoms with van der Waals surface area (Å²) in [5, 5.41) is 0. The lowest BCUT2D eigenvalue weighted by molar-refractivity contribution is -0.126. The van der Waals surface area contributed by atoms with Crippen LogP contribution in [0.3, 0.4) is 0 Å². The molecule has 0 aromatic rings. The lowest BCUT2D eigenvalue weighted by Crippen LogP contribution is -2.31. The van der Waals surface area contributed by atoms with Crippen molar-refractivity contribution in [1.29, 1.82) is 0 Å². The second-order valence-corrected chi connectivity index (χ2v) is 9.19. The van der Waals surface area contributed by atoms with E-state index in [2.05, 4.69) is 75.7 Å². The molecule has 0 unspecified atom stereocenters. The molecule has 0 heterocycles. The number of nitrogens with zero attached hydrogens (tertiary/aromatic N) is 1. The fourth-order valence-electron chi connectivity index (χ4n) is 2.54. The van der Waals surface area contributed by atoms with Gasteiger partial charge in [-0.05, 0) is 61.9 Å². The number of carbonyl (C=O) groups excluding carboxylic acids is 1. The van der Waals surface area contributed by atoms with Gasteiger partial charge in [-0.3, -0.25) is 4.79 Å². The number of carbonyl (C=O) groups is 1. The van der Waals surface area contributed by atoms with Crippen molar-refractivity contribution in [3.8, 4) is 0 Å². The molecular weight excluding hydrogens is 386 g/mol. The molecule has 150 valence electrons. The van der Waals surface area contributed by atoms with Gasteiger partial charge in [-0.1, -0.05) is 80.3 Å². The van der Waals surface area contributed by atoms with Crippen LogP contribution in [0.25, 0.3) is 0 Å². The van der Waals surface area contributed by atoms with Crippen LogP contribution in [-0.2, 0) is 4.79 Å². The third-order valence-electron chi connectivity index (χ3n) is 4.49. The number of allylic oxidation sites excluding steroid dienone is 5. The second kappa shape index (κ2) is 14.3. The minimum absolute atomic E-state index is 0.000713. The molecule has 1 amide bonds. The van der Waals surface area contributed by atoms with Gasteiger partial charge in [0.25, 0.3) is 0 Å².